The van der Waals surface area contributed by atoms with Gasteiger partial charge >= 0.3 is 0 Å². The van der Waals surface area contributed by atoms with Crippen LogP contribution in [0.3, 0.4) is 0 Å². The van der Waals surface area contributed by atoms with E-state index in [0.717, 1.165) is 43.9 Å². The second-order valence-electron chi connectivity index (χ2n) is 6.59. The first-order chi connectivity index (χ1) is 12.2. The zero-order valence-corrected chi connectivity index (χ0v) is 15.1. The molecule has 0 aromatic heterocycles. The molecule has 1 aliphatic rings. The van der Waals surface area contributed by atoms with Crippen LogP contribution in [-0.2, 0) is 24.3 Å². The predicted molar refractivity (Wildman–Crippen MR) is 102 cm³/mol. The average molecular weight is 337 g/mol. The van der Waals surface area contributed by atoms with Gasteiger partial charge in [0.2, 0.25) is 5.91 Å². The Morgan fingerprint density at radius 1 is 1.12 bits per heavy atom. The molecule has 1 atom stereocenters. The minimum atomic E-state index is -0.152. The van der Waals surface area contributed by atoms with Crippen molar-refractivity contribution in [3.63, 3.8) is 0 Å². The summed E-state index contributed by atoms with van der Waals surface area (Å²) in [5, 5.41) is 6.44. The number of benzene rings is 2. The Bertz CT molecular complexity index is 729. The van der Waals surface area contributed by atoms with Crippen LogP contribution in [0.15, 0.2) is 48.5 Å². The van der Waals surface area contributed by atoms with Crippen molar-refractivity contribution in [3.8, 4) is 0 Å². The minimum Gasteiger partial charge on any atom is -0.324 e. The first-order valence-corrected chi connectivity index (χ1v) is 9.09. The molecule has 1 aliphatic heterocycles. The number of nitrogens with zero attached hydrogens (tertiary/aromatic N) is 1. The summed E-state index contributed by atoms with van der Waals surface area (Å²) >= 11 is 0. The van der Waals surface area contributed by atoms with E-state index in [-0.39, 0.29) is 11.9 Å². The summed E-state index contributed by atoms with van der Waals surface area (Å²) < 4.78 is 0. The van der Waals surface area contributed by atoms with E-state index in [4.69, 9.17) is 0 Å². The van der Waals surface area contributed by atoms with Crippen LogP contribution in [0.2, 0.25) is 0 Å². The first-order valence-electron chi connectivity index (χ1n) is 9.09. The zero-order valence-electron chi connectivity index (χ0n) is 15.1. The Hall–Kier alpha value is -2.17. The highest BCUT2D eigenvalue weighted by Gasteiger charge is 2.25. The van der Waals surface area contributed by atoms with Crippen molar-refractivity contribution in [1.29, 1.82) is 0 Å². The van der Waals surface area contributed by atoms with E-state index >= 15 is 0 Å². The highest BCUT2D eigenvalue weighted by atomic mass is 16.2. The smallest absolute Gasteiger partial charge is 0.241 e. The molecule has 0 saturated heterocycles. The van der Waals surface area contributed by atoms with E-state index in [0.29, 0.717) is 0 Å². The molecular formula is C21H27N3O. The number of fused-ring (bicyclic) bond motifs is 1. The Labute approximate surface area is 150 Å². The number of carbonyl (C=O) groups is 1. The lowest BCUT2D eigenvalue weighted by Crippen LogP contribution is -2.44. The van der Waals surface area contributed by atoms with Gasteiger partial charge in [-0.3, -0.25) is 9.69 Å². The van der Waals surface area contributed by atoms with Crippen molar-refractivity contribution < 1.29 is 4.79 Å². The van der Waals surface area contributed by atoms with Crippen molar-refractivity contribution in [1.82, 2.24) is 10.2 Å². The Morgan fingerprint density at radius 2 is 1.84 bits per heavy atom. The Balaban J connectivity index is 1.66. The second kappa shape index (κ2) is 8.28. The van der Waals surface area contributed by atoms with Crippen molar-refractivity contribution in [3.05, 3.63) is 65.2 Å². The SMILES string of the molecule is CCNCc1ccccc1NC(=O)C(C)N1CCc2ccccc2C1. The number of hydrogen-bond donors (Lipinski definition) is 2. The van der Waals surface area contributed by atoms with Crippen LogP contribution in [0.25, 0.3) is 0 Å². The summed E-state index contributed by atoms with van der Waals surface area (Å²) in [5.41, 5.74) is 4.76. The molecule has 0 spiro atoms. The van der Waals surface area contributed by atoms with E-state index < -0.39 is 0 Å². The number of carbonyl (C=O) groups excluding carboxylic acids is 1. The van der Waals surface area contributed by atoms with E-state index in [2.05, 4.69) is 52.8 Å². The molecule has 2 aromatic carbocycles. The third-order valence-electron chi connectivity index (χ3n) is 4.93. The fraction of sp³-hybridized carbons (Fsp3) is 0.381. The third-order valence-corrected chi connectivity index (χ3v) is 4.93. The van der Waals surface area contributed by atoms with Gasteiger partial charge < -0.3 is 10.6 Å². The number of nitrogens with one attached hydrogen (secondary N) is 2. The van der Waals surface area contributed by atoms with Crippen LogP contribution in [-0.4, -0.2) is 29.9 Å². The van der Waals surface area contributed by atoms with Gasteiger partial charge in [-0.1, -0.05) is 49.4 Å². The maximum absolute atomic E-state index is 12.8. The lowest BCUT2D eigenvalue weighted by molar-refractivity contribution is -0.121. The van der Waals surface area contributed by atoms with Gasteiger partial charge in [0, 0.05) is 25.3 Å². The summed E-state index contributed by atoms with van der Waals surface area (Å²) in [6.45, 7) is 7.51. The number of hydrogen-bond acceptors (Lipinski definition) is 3. The monoisotopic (exact) mass is 337 g/mol. The van der Waals surface area contributed by atoms with Gasteiger partial charge in [-0.25, -0.2) is 0 Å². The third kappa shape index (κ3) is 4.27. The van der Waals surface area contributed by atoms with E-state index in [1.807, 2.05) is 25.1 Å². The molecule has 1 heterocycles. The molecule has 3 rings (SSSR count). The topological polar surface area (TPSA) is 44.4 Å². The molecule has 0 bridgehead atoms. The van der Waals surface area contributed by atoms with Crippen molar-refractivity contribution in [2.75, 3.05) is 18.4 Å². The molecule has 1 amide bonds. The molecule has 2 N–H and O–H groups in total. The summed E-state index contributed by atoms with van der Waals surface area (Å²) in [6.07, 6.45) is 1.00. The van der Waals surface area contributed by atoms with Gasteiger partial charge in [0.25, 0.3) is 0 Å². The fourth-order valence-corrected chi connectivity index (χ4v) is 3.31. The number of anilines is 1. The summed E-state index contributed by atoms with van der Waals surface area (Å²) in [5.74, 6) is 0.0586. The molecular weight excluding hydrogens is 310 g/mol. The van der Waals surface area contributed by atoms with Gasteiger partial charge in [-0.15, -0.1) is 0 Å². The quantitative estimate of drug-likeness (QED) is 0.851. The summed E-state index contributed by atoms with van der Waals surface area (Å²) in [7, 11) is 0. The molecule has 2 aromatic rings. The van der Waals surface area contributed by atoms with Crippen LogP contribution < -0.4 is 10.6 Å². The predicted octanol–water partition coefficient (Wildman–Crippen LogP) is 3.18. The number of para-hydroxylation sites is 1. The molecule has 1 unspecified atom stereocenters. The van der Waals surface area contributed by atoms with E-state index in [1.165, 1.54) is 11.1 Å². The maximum Gasteiger partial charge on any atom is 0.241 e. The van der Waals surface area contributed by atoms with Crippen LogP contribution in [0.1, 0.15) is 30.5 Å². The van der Waals surface area contributed by atoms with Gasteiger partial charge in [0.1, 0.15) is 0 Å². The van der Waals surface area contributed by atoms with Gasteiger partial charge in [0.05, 0.1) is 6.04 Å². The van der Waals surface area contributed by atoms with Crippen molar-refractivity contribution in [2.24, 2.45) is 0 Å². The molecule has 0 fully saturated rings. The van der Waals surface area contributed by atoms with Crippen LogP contribution in [0, 0.1) is 0 Å². The van der Waals surface area contributed by atoms with Crippen molar-refractivity contribution in [2.45, 2.75) is 39.4 Å². The normalized spacial score (nSPS) is 15.4. The van der Waals surface area contributed by atoms with Gasteiger partial charge in [0.15, 0.2) is 0 Å². The summed E-state index contributed by atoms with van der Waals surface area (Å²) in [6, 6.07) is 16.4. The molecule has 25 heavy (non-hydrogen) atoms. The Morgan fingerprint density at radius 3 is 2.64 bits per heavy atom. The Kier molecular flexibility index (Phi) is 5.84. The van der Waals surface area contributed by atoms with Crippen LogP contribution >= 0.6 is 0 Å². The summed E-state index contributed by atoms with van der Waals surface area (Å²) in [4.78, 5) is 15.0. The standard InChI is InChI=1S/C21H27N3O/c1-3-22-14-18-9-6-7-11-20(18)23-21(25)16(2)24-13-12-17-8-4-5-10-19(17)15-24/h4-11,16,22H,3,12-15H2,1-2H3,(H,23,25). The largest absolute Gasteiger partial charge is 0.324 e. The lowest BCUT2D eigenvalue weighted by Gasteiger charge is -2.33. The average Bonchev–Trinajstić information content (AvgIpc) is 2.66. The molecule has 132 valence electrons. The highest BCUT2D eigenvalue weighted by Crippen LogP contribution is 2.21. The van der Waals surface area contributed by atoms with Gasteiger partial charge in [-0.05, 0) is 42.6 Å². The molecule has 0 saturated carbocycles. The zero-order chi connectivity index (χ0) is 17.6. The van der Waals surface area contributed by atoms with Crippen LogP contribution in [0.4, 0.5) is 5.69 Å². The number of rotatable bonds is 6. The molecule has 4 nitrogen and oxygen atoms in total. The maximum atomic E-state index is 12.8. The number of amides is 1. The second-order valence-corrected chi connectivity index (χ2v) is 6.59. The first kappa shape index (κ1) is 17.6. The molecule has 0 aliphatic carbocycles. The fourth-order valence-electron chi connectivity index (χ4n) is 3.31. The molecule has 0 radical (unpaired) electrons. The lowest BCUT2D eigenvalue weighted by atomic mass is 9.98. The minimum absolute atomic E-state index is 0.0586. The highest BCUT2D eigenvalue weighted by molar-refractivity contribution is 5.95. The van der Waals surface area contributed by atoms with Gasteiger partial charge in [-0.2, -0.15) is 0 Å². The molecule has 4 heteroatoms. The van der Waals surface area contributed by atoms with Crippen LogP contribution in [0.5, 0.6) is 0 Å². The van der Waals surface area contributed by atoms with Crippen molar-refractivity contribution >= 4 is 11.6 Å². The van der Waals surface area contributed by atoms with E-state index in [1.54, 1.807) is 0 Å². The van der Waals surface area contributed by atoms with E-state index in [9.17, 15) is 4.79 Å².